The summed E-state index contributed by atoms with van der Waals surface area (Å²) in [5, 5.41) is 6.95. The van der Waals surface area contributed by atoms with Crippen molar-refractivity contribution in [3.8, 4) is 27.9 Å². The normalized spacial score (nSPS) is 11.7. The van der Waals surface area contributed by atoms with E-state index in [-0.39, 0.29) is 0 Å². The number of aromatic nitrogens is 3. The monoisotopic (exact) mass is 547 g/mol. The van der Waals surface area contributed by atoms with E-state index in [2.05, 4.69) is 138 Å². The maximum absolute atomic E-state index is 5.17. The van der Waals surface area contributed by atoms with Crippen LogP contribution < -0.4 is 0 Å². The number of benzene rings is 6. The van der Waals surface area contributed by atoms with Gasteiger partial charge in [0.15, 0.2) is 0 Å². The van der Waals surface area contributed by atoms with Gasteiger partial charge in [0, 0.05) is 56.1 Å². The summed E-state index contributed by atoms with van der Waals surface area (Å²) in [7, 11) is 0. The molecule has 0 atom stereocenters. The summed E-state index contributed by atoms with van der Waals surface area (Å²) in [6.07, 6.45) is 3.90. The molecular formula is C40H25N3. The van der Waals surface area contributed by atoms with Crippen LogP contribution in [-0.4, -0.2) is 14.5 Å². The van der Waals surface area contributed by atoms with Gasteiger partial charge >= 0.3 is 0 Å². The van der Waals surface area contributed by atoms with Crippen molar-refractivity contribution in [1.82, 2.24) is 14.5 Å². The van der Waals surface area contributed by atoms with E-state index in [1.54, 1.807) is 0 Å². The smallest absolute Gasteiger partial charge is 0.0815 e. The van der Waals surface area contributed by atoms with Crippen LogP contribution in [0.1, 0.15) is 0 Å². The third-order valence-corrected chi connectivity index (χ3v) is 8.64. The molecule has 0 aliphatic heterocycles. The molecule has 6 aromatic carbocycles. The fourth-order valence-electron chi connectivity index (χ4n) is 6.82. The molecule has 9 rings (SSSR count). The van der Waals surface area contributed by atoms with E-state index in [1.807, 2.05) is 18.5 Å². The van der Waals surface area contributed by atoms with Gasteiger partial charge in [-0.15, -0.1) is 0 Å². The second-order valence-electron chi connectivity index (χ2n) is 11.0. The Labute approximate surface area is 248 Å². The Morgan fingerprint density at radius 3 is 2.00 bits per heavy atom. The van der Waals surface area contributed by atoms with Crippen LogP contribution in [0.4, 0.5) is 0 Å². The lowest BCUT2D eigenvalue weighted by atomic mass is 9.87. The molecule has 0 amide bonds. The van der Waals surface area contributed by atoms with Gasteiger partial charge in [0.05, 0.1) is 22.1 Å². The number of pyridine rings is 2. The van der Waals surface area contributed by atoms with Crippen molar-refractivity contribution in [2.45, 2.75) is 0 Å². The highest BCUT2D eigenvalue weighted by Crippen LogP contribution is 2.46. The van der Waals surface area contributed by atoms with Gasteiger partial charge in [-0.2, -0.15) is 0 Å². The van der Waals surface area contributed by atoms with Crippen LogP contribution in [0.25, 0.3) is 82.3 Å². The molecule has 0 spiro atoms. The van der Waals surface area contributed by atoms with E-state index >= 15 is 0 Å². The van der Waals surface area contributed by atoms with Gasteiger partial charge in [-0.3, -0.25) is 9.97 Å². The third-order valence-electron chi connectivity index (χ3n) is 8.64. The largest absolute Gasteiger partial charge is 0.309 e. The standard InChI is InChI=1S/C40H25N3/c1-3-12-26(13-4-1)36-32-19-11-23-41-39(32)38-30-17-8-7-14-28(30)25-42-40(38)37(36)27-21-22-35-33(24-27)31-18-9-10-20-34(31)43(35)29-15-5-2-6-16-29/h1-25H. The maximum atomic E-state index is 5.17. The Bertz CT molecular complexity index is 2490. The summed E-state index contributed by atoms with van der Waals surface area (Å²) < 4.78 is 2.36. The second-order valence-corrected chi connectivity index (χ2v) is 11.0. The molecule has 0 aliphatic rings. The molecule has 0 unspecified atom stereocenters. The first kappa shape index (κ1) is 23.9. The van der Waals surface area contributed by atoms with Crippen LogP contribution in [0, 0.1) is 0 Å². The lowest BCUT2D eigenvalue weighted by molar-refractivity contribution is 1.18. The van der Waals surface area contributed by atoms with E-state index in [0.717, 1.165) is 55.1 Å². The third kappa shape index (κ3) is 3.55. The predicted molar refractivity (Wildman–Crippen MR) is 180 cm³/mol. The minimum atomic E-state index is 0.968. The van der Waals surface area contributed by atoms with Crippen molar-refractivity contribution < 1.29 is 0 Å². The number of hydrogen-bond acceptors (Lipinski definition) is 2. The van der Waals surface area contributed by atoms with Crippen LogP contribution in [0.5, 0.6) is 0 Å². The lowest BCUT2D eigenvalue weighted by Crippen LogP contribution is -1.96. The first-order valence-electron chi connectivity index (χ1n) is 14.6. The van der Waals surface area contributed by atoms with Crippen molar-refractivity contribution >= 4 is 54.4 Å². The highest BCUT2D eigenvalue weighted by Gasteiger charge is 2.22. The maximum Gasteiger partial charge on any atom is 0.0815 e. The van der Waals surface area contributed by atoms with Gasteiger partial charge in [-0.1, -0.05) is 103 Å². The number of para-hydroxylation sites is 2. The Morgan fingerprint density at radius 1 is 0.442 bits per heavy atom. The van der Waals surface area contributed by atoms with Crippen molar-refractivity contribution in [2.75, 3.05) is 0 Å². The Morgan fingerprint density at radius 2 is 1.14 bits per heavy atom. The number of fused-ring (bicyclic) bond motifs is 8. The molecule has 0 saturated carbocycles. The van der Waals surface area contributed by atoms with Crippen LogP contribution in [-0.2, 0) is 0 Å². The Hall–Kier alpha value is -5.80. The highest BCUT2D eigenvalue weighted by atomic mass is 15.0. The topological polar surface area (TPSA) is 30.7 Å². The molecule has 3 aromatic heterocycles. The van der Waals surface area contributed by atoms with Crippen molar-refractivity contribution in [3.05, 3.63) is 152 Å². The predicted octanol–water partition coefficient (Wildman–Crippen LogP) is 10.4. The van der Waals surface area contributed by atoms with E-state index < -0.39 is 0 Å². The molecule has 0 bridgehead atoms. The molecule has 0 radical (unpaired) electrons. The SMILES string of the molecule is c1ccc(-c2c(-c3ccc4c(c3)c3ccccc3n4-c3ccccc3)c3ncc4ccccc4c3c3ncccc23)cc1. The van der Waals surface area contributed by atoms with Gasteiger partial charge in [0.1, 0.15) is 0 Å². The average molecular weight is 548 g/mol. The van der Waals surface area contributed by atoms with Gasteiger partial charge in [0.2, 0.25) is 0 Å². The fourth-order valence-corrected chi connectivity index (χ4v) is 6.82. The van der Waals surface area contributed by atoms with Gasteiger partial charge in [0.25, 0.3) is 0 Å². The summed E-state index contributed by atoms with van der Waals surface area (Å²) in [4.78, 5) is 10.1. The van der Waals surface area contributed by atoms with E-state index in [4.69, 9.17) is 9.97 Å². The molecule has 0 fully saturated rings. The van der Waals surface area contributed by atoms with Crippen LogP contribution >= 0.6 is 0 Å². The van der Waals surface area contributed by atoms with Crippen LogP contribution in [0.2, 0.25) is 0 Å². The van der Waals surface area contributed by atoms with Crippen molar-refractivity contribution in [2.24, 2.45) is 0 Å². The van der Waals surface area contributed by atoms with Crippen molar-refractivity contribution in [3.63, 3.8) is 0 Å². The molecule has 3 heteroatoms. The Kier molecular flexibility index (Phi) is 5.20. The first-order chi connectivity index (χ1) is 21.4. The summed E-state index contributed by atoms with van der Waals surface area (Å²) in [5.74, 6) is 0. The van der Waals surface area contributed by atoms with E-state index in [0.29, 0.717) is 0 Å². The molecule has 0 aliphatic carbocycles. The van der Waals surface area contributed by atoms with E-state index in [9.17, 15) is 0 Å². The zero-order valence-corrected chi connectivity index (χ0v) is 23.3. The molecule has 200 valence electrons. The number of rotatable bonds is 3. The van der Waals surface area contributed by atoms with Crippen LogP contribution in [0.15, 0.2) is 152 Å². The Balaban J connectivity index is 1.46. The van der Waals surface area contributed by atoms with Gasteiger partial charge < -0.3 is 4.57 Å². The highest BCUT2D eigenvalue weighted by molar-refractivity contribution is 6.26. The molecule has 3 heterocycles. The molecule has 9 aromatic rings. The summed E-state index contributed by atoms with van der Waals surface area (Å²) >= 11 is 0. The summed E-state index contributed by atoms with van der Waals surface area (Å²) in [6.45, 7) is 0. The van der Waals surface area contributed by atoms with Crippen molar-refractivity contribution in [1.29, 1.82) is 0 Å². The number of hydrogen-bond donors (Lipinski definition) is 0. The first-order valence-corrected chi connectivity index (χ1v) is 14.6. The minimum Gasteiger partial charge on any atom is -0.309 e. The number of nitrogens with zero attached hydrogens (tertiary/aromatic N) is 3. The minimum absolute atomic E-state index is 0.968. The molecule has 3 nitrogen and oxygen atoms in total. The molecule has 0 N–H and O–H groups in total. The van der Waals surface area contributed by atoms with Gasteiger partial charge in [-0.25, -0.2) is 0 Å². The molecular weight excluding hydrogens is 522 g/mol. The molecule has 43 heavy (non-hydrogen) atoms. The fraction of sp³-hybridized carbons (Fsp3) is 0. The zero-order chi connectivity index (χ0) is 28.3. The zero-order valence-electron chi connectivity index (χ0n) is 23.3. The van der Waals surface area contributed by atoms with E-state index in [1.165, 1.54) is 27.2 Å². The quantitative estimate of drug-likeness (QED) is 0.206. The van der Waals surface area contributed by atoms with Gasteiger partial charge in [-0.05, 0) is 52.9 Å². The summed E-state index contributed by atoms with van der Waals surface area (Å²) in [5.41, 5.74) is 10.1. The second kappa shape index (κ2) is 9.37. The molecule has 0 saturated heterocycles. The van der Waals surface area contributed by atoms with Crippen LogP contribution in [0.3, 0.4) is 0 Å². The summed E-state index contributed by atoms with van der Waals surface area (Å²) in [6, 6.07) is 49.6. The average Bonchev–Trinajstić information content (AvgIpc) is 3.42. The lowest BCUT2D eigenvalue weighted by Gasteiger charge is -2.18.